The molecule has 1 amide bonds. The number of pyridine rings is 1. The third kappa shape index (κ3) is 5.13. The molecule has 1 aromatic heterocycles. The number of para-hydroxylation sites is 1. The molecule has 8 nitrogen and oxygen atoms in total. The van der Waals surface area contributed by atoms with E-state index in [9.17, 15) is 13.2 Å². The molecule has 0 unspecified atom stereocenters. The molecule has 3 aromatic carbocycles. The van der Waals surface area contributed by atoms with Crippen LogP contribution in [0, 0.1) is 0 Å². The Balaban J connectivity index is 1.41. The van der Waals surface area contributed by atoms with Crippen LogP contribution in [0.25, 0.3) is 22.2 Å². The Morgan fingerprint density at radius 3 is 2.33 bits per heavy atom. The molecule has 0 bridgehead atoms. The number of anilines is 2. The van der Waals surface area contributed by atoms with E-state index < -0.39 is 10.0 Å². The summed E-state index contributed by atoms with van der Waals surface area (Å²) < 4.78 is 33.7. The lowest BCUT2D eigenvalue weighted by atomic mass is 10.0. The standard InChI is InChI=1S/C30H30N4O4S/c35-30(25-21-27(22-8-2-1-3-9-22)31-26-11-5-4-10-24(25)26)32-28-20-23(12-13-29(28)33-14-6-7-15-33)39(36,37)34-16-18-38-19-17-34/h1-5,8-13,20-21H,6-7,14-19H2,(H,32,35). The number of hydrogen-bond donors (Lipinski definition) is 1. The van der Waals surface area contributed by atoms with Crippen LogP contribution in [0.3, 0.4) is 0 Å². The highest BCUT2D eigenvalue weighted by atomic mass is 32.2. The van der Waals surface area contributed by atoms with Crippen LogP contribution in [0.1, 0.15) is 23.2 Å². The molecule has 9 heteroatoms. The third-order valence-electron chi connectivity index (χ3n) is 7.30. The fourth-order valence-corrected chi connectivity index (χ4v) is 6.69. The summed E-state index contributed by atoms with van der Waals surface area (Å²) in [6.07, 6.45) is 2.10. The van der Waals surface area contributed by atoms with Gasteiger partial charge in [-0.2, -0.15) is 4.31 Å². The van der Waals surface area contributed by atoms with E-state index >= 15 is 0 Å². The fraction of sp³-hybridized carbons (Fsp3) is 0.267. The largest absolute Gasteiger partial charge is 0.379 e. The smallest absolute Gasteiger partial charge is 0.256 e. The number of aromatic nitrogens is 1. The van der Waals surface area contributed by atoms with Crippen LogP contribution in [0.4, 0.5) is 11.4 Å². The number of nitrogens with one attached hydrogen (secondary N) is 1. The average Bonchev–Trinajstić information content (AvgIpc) is 3.52. The summed E-state index contributed by atoms with van der Waals surface area (Å²) >= 11 is 0. The van der Waals surface area contributed by atoms with Crippen molar-refractivity contribution in [2.75, 3.05) is 49.6 Å². The van der Waals surface area contributed by atoms with Gasteiger partial charge in [-0.3, -0.25) is 4.79 Å². The van der Waals surface area contributed by atoms with Gasteiger partial charge in [0.1, 0.15) is 0 Å². The summed E-state index contributed by atoms with van der Waals surface area (Å²) in [6.45, 7) is 3.07. The molecule has 0 saturated carbocycles. The molecule has 4 aromatic rings. The summed E-state index contributed by atoms with van der Waals surface area (Å²) in [4.78, 5) is 21.1. The minimum atomic E-state index is -3.73. The van der Waals surface area contributed by atoms with Gasteiger partial charge in [0.15, 0.2) is 0 Å². The van der Waals surface area contributed by atoms with Gasteiger partial charge in [-0.1, -0.05) is 48.5 Å². The zero-order chi connectivity index (χ0) is 26.8. The maximum Gasteiger partial charge on any atom is 0.256 e. The number of carbonyl (C=O) groups excluding carboxylic acids is 1. The van der Waals surface area contributed by atoms with Crippen molar-refractivity contribution in [1.82, 2.24) is 9.29 Å². The lowest BCUT2D eigenvalue weighted by Gasteiger charge is -2.27. The molecule has 0 aliphatic carbocycles. The molecule has 39 heavy (non-hydrogen) atoms. The number of amides is 1. The second-order valence-electron chi connectivity index (χ2n) is 9.78. The second kappa shape index (κ2) is 10.8. The van der Waals surface area contributed by atoms with Crippen LogP contribution in [0.2, 0.25) is 0 Å². The van der Waals surface area contributed by atoms with Crippen LogP contribution < -0.4 is 10.2 Å². The van der Waals surface area contributed by atoms with Crippen molar-refractivity contribution < 1.29 is 17.9 Å². The van der Waals surface area contributed by atoms with Crippen molar-refractivity contribution in [2.45, 2.75) is 17.7 Å². The van der Waals surface area contributed by atoms with Gasteiger partial charge in [-0.25, -0.2) is 13.4 Å². The van der Waals surface area contributed by atoms with Crippen molar-refractivity contribution in [3.8, 4) is 11.3 Å². The van der Waals surface area contributed by atoms with Crippen molar-refractivity contribution in [3.63, 3.8) is 0 Å². The van der Waals surface area contributed by atoms with E-state index in [4.69, 9.17) is 9.72 Å². The molecule has 2 fully saturated rings. The molecule has 2 aliphatic rings. The number of rotatable bonds is 6. The van der Waals surface area contributed by atoms with Crippen molar-refractivity contribution in [1.29, 1.82) is 0 Å². The first-order valence-electron chi connectivity index (χ1n) is 13.2. The van der Waals surface area contributed by atoms with E-state index in [-0.39, 0.29) is 10.8 Å². The molecule has 6 rings (SSSR count). The van der Waals surface area contributed by atoms with E-state index in [1.54, 1.807) is 18.2 Å². The Kier molecular flexibility index (Phi) is 7.03. The fourth-order valence-electron chi connectivity index (χ4n) is 5.26. The molecule has 0 radical (unpaired) electrons. The van der Waals surface area contributed by atoms with Crippen LogP contribution in [-0.4, -0.2) is 63.0 Å². The van der Waals surface area contributed by atoms with E-state index in [1.807, 2.05) is 60.7 Å². The number of sulfonamides is 1. The lowest BCUT2D eigenvalue weighted by Crippen LogP contribution is -2.40. The summed E-state index contributed by atoms with van der Waals surface area (Å²) in [5, 5.41) is 3.80. The Morgan fingerprint density at radius 2 is 1.56 bits per heavy atom. The zero-order valence-electron chi connectivity index (χ0n) is 21.5. The topological polar surface area (TPSA) is 91.8 Å². The predicted octanol–water partition coefficient (Wildman–Crippen LogP) is 4.78. The number of fused-ring (bicyclic) bond motifs is 1. The number of carbonyl (C=O) groups is 1. The van der Waals surface area contributed by atoms with Crippen LogP contribution in [-0.2, 0) is 14.8 Å². The lowest BCUT2D eigenvalue weighted by molar-refractivity contribution is 0.0730. The van der Waals surface area contributed by atoms with Crippen molar-refractivity contribution in [2.24, 2.45) is 0 Å². The van der Waals surface area contributed by atoms with Gasteiger partial charge in [0.25, 0.3) is 5.91 Å². The summed E-state index contributed by atoms with van der Waals surface area (Å²) in [6, 6.07) is 24.2. The SMILES string of the molecule is O=C(Nc1cc(S(=O)(=O)N2CCOCC2)ccc1N1CCCC1)c1cc(-c2ccccc2)nc2ccccc12. The van der Waals surface area contributed by atoms with Crippen LogP contribution in [0.15, 0.2) is 83.8 Å². The monoisotopic (exact) mass is 542 g/mol. The first-order chi connectivity index (χ1) is 19.0. The number of hydrogen-bond acceptors (Lipinski definition) is 6. The summed E-state index contributed by atoms with van der Waals surface area (Å²) in [7, 11) is -3.73. The highest BCUT2D eigenvalue weighted by Crippen LogP contribution is 2.34. The molecular formula is C30H30N4O4S. The van der Waals surface area contributed by atoms with E-state index in [2.05, 4.69) is 10.2 Å². The van der Waals surface area contributed by atoms with E-state index in [1.165, 1.54) is 4.31 Å². The Labute approximate surface area is 228 Å². The minimum absolute atomic E-state index is 0.159. The van der Waals surface area contributed by atoms with Gasteiger partial charge in [0.2, 0.25) is 10.0 Å². The highest BCUT2D eigenvalue weighted by molar-refractivity contribution is 7.89. The van der Waals surface area contributed by atoms with Gasteiger partial charge in [0, 0.05) is 37.1 Å². The van der Waals surface area contributed by atoms with Crippen molar-refractivity contribution >= 4 is 38.2 Å². The Hall–Kier alpha value is -3.79. The Bertz CT molecular complexity index is 1610. The molecular weight excluding hydrogens is 512 g/mol. The summed E-state index contributed by atoms with van der Waals surface area (Å²) in [5.41, 5.74) is 4.11. The normalized spacial score (nSPS) is 16.5. The van der Waals surface area contributed by atoms with Gasteiger partial charge in [-0.05, 0) is 43.2 Å². The molecule has 3 heterocycles. The van der Waals surface area contributed by atoms with Crippen LogP contribution in [0.5, 0.6) is 0 Å². The van der Waals surface area contributed by atoms with E-state index in [0.29, 0.717) is 48.8 Å². The maximum atomic E-state index is 13.9. The average molecular weight is 543 g/mol. The van der Waals surface area contributed by atoms with Crippen molar-refractivity contribution in [3.05, 3.63) is 84.4 Å². The molecule has 200 valence electrons. The zero-order valence-corrected chi connectivity index (χ0v) is 22.4. The number of nitrogens with zero attached hydrogens (tertiary/aromatic N) is 3. The molecule has 0 atom stereocenters. The molecule has 0 spiro atoms. The molecule has 2 aliphatic heterocycles. The quantitative estimate of drug-likeness (QED) is 0.377. The minimum Gasteiger partial charge on any atom is -0.379 e. The second-order valence-corrected chi connectivity index (χ2v) is 11.7. The molecule has 2 saturated heterocycles. The van der Waals surface area contributed by atoms with Gasteiger partial charge in [-0.15, -0.1) is 0 Å². The maximum absolute atomic E-state index is 13.9. The first kappa shape index (κ1) is 25.5. The molecule has 1 N–H and O–H groups in total. The number of benzene rings is 3. The van der Waals surface area contributed by atoms with E-state index in [0.717, 1.165) is 42.6 Å². The van der Waals surface area contributed by atoms with Gasteiger partial charge >= 0.3 is 0 Å². The number of morpholine rings is 1. The number of ether oxygens (including phenoxy) is 1. The van der Waals surface area contributed by atoms with Gasteiger partial charge in [0.05, 0.1) is 46.3 Å². The predicted molar refractivity (Wildman–Crippen MR) is 153 cm³/mol. The van der Waals surface area contributed by atoms with Crippen LogP contribution >= 0.6 is 0 Å². The summed E-state index contributed by atoms with van der Waals surface area (Å²) in [5.74, 6) is -0.313. The first-order valence-corrected chi connectivity index (χ1v) is 14.7. The third-order valence-corrected chi connectivity index (χ3v) is 9.20. The highest BCUT2D eigenvalue weighted by Gasteiger charge is 2.28. The van der Waals surface area contributed by atoms with Gasteiger partial charge < -0.3 is 15.0 Å². The Morgan fingerprint density at radius 1 is 0.846 bits per heavy atom.